The van der Waals surface area contributed by atoms with E-state index >= 15 is 0 Å². The predicted molar refractivity (Wildman–Crippen MR) is 74.5 cm³/mol. The van der Waals surface area contributed by atoms with Crippen molar-refractivity contribution < 1.29 is 0 Å². The molecule has 0 aliphatic carbocycles. The maximum absolute atomic E-state index is 4.41. The van der Waals surface area contributed by atoms with E-state index in [0.717, 1.165) is 13.0 Å². The molecule has 8 heteroatoms. The highest BCUT2D eigenvalue weighted by molar-refractivity contribution is 7.99. The fraction of sp³-hybridized carbons (Fsp3) is 0.545. The molecule has 0 saturated heterocycles. The van der Waals surface area contributed by atoms with Gasteiger partial charge in [-0.2, -0.15) is 24.7 Å². The first-order valence-electron chi connectivity index (χ1n) is 6.24. The van der Waals surface area contributed by atoms with Gasteiger partial charge in [0.05, 0.1) is 0 Å². The van der Waals surface area contributed by atoms with Crippen LogP contribution in [0.5, 0.6) is 0 Å². The molecule has 19 heavy (non-hydrogen) atoms. The molecule has 0 aliphatic rings. The van der Waals surface area contributed by atoms with Crippen molar-refractivity contribution >= 4 is 17.7 Å². The molecule has 7 nitrogen and oxygen atoms in total. The molecule has 0 saturated carbocycles. The van der Waals surface area contributed by atoms with Gasteiger partial charge in [-0.3, -0.25) is 0 Å². The Morgan fingerprint density at radius 1 is 1.32 bits per heavy atom. The monoisotopic (exact) mass is 279 g/mol. The number of thioether (sulfide) groups is 1. The fourth-order valence-electron chi connectivity index (χ4n) is 1.31. The predicted octanol–water partition coefficient (Wildman–Crippen LogP) is 1.77. The van der Waals surface area contributed by atoms with Gasteiger partial charge in [-0.15, -0.1) is 0 Å². The van der Waals surface area contributed by atoms with E-state index in [0.29, 0.717) is 22.3 Å². The summed E-state index contributed by atoms with van der Waals surface area (Å²) in [7, 11) is 0. The smallest absolute Gasteiger partial charge is 0.257 e. The van der Waals surface area contributed by atoms with Gasteiger partial charge in [-0.05, 0) is 13.3 Å². The lowest BCUT2D eigenvalue weighted by atomic mass is 10.4. The van der Waals surface area contributed by atoms with E-state index in [9.17, 15) is 0 Å². The molecule has 1 N–H and O–H groups in total. The van der Waals surface area contributed by atoms with Gasteiger partial charge >= 0.3 is 0 Å². The fourth-order valence-corrected chi connectivity index (χ4v) is 2.11. The maximum Gasteiger partial charge on any atom is 0.257 e. The number of rotatable bonds is 6. The van der Waals surface area contributed by atoms with E-state index < -0.39 is 0 Å². The minimum absolute atomic E-state index is 0.459. The van der Waals surface area contributed by atoms with Crippen LogP contribution >= 0.6 is 11.8 Å². The SMILES string of the molecule is CCNc1nc(SC(C)CC)nc(-n2cncn2)n1. The van der Waals surface area contributed by atoms with Crippen LogP contribution in [0.1, 0.15) is 27.2 Å². The van der Waals surface area contributed by atoms with Gasteiger partial charge in [0.25, 0.3) is 5.95 Å². The minimum Gasteiger partial charge on any atom is -0.354 e. The Kier molecular flexibility index (Phi) is 4.67. The molecule has 2 aromatic heterocycles. The third-order valence-electron chi connectivity index (χ3n) is 2.44. The summed E-state index contributed by atoms with van der Waals surface area (Å²) in [6, 6.07) is 0. The van der Waals surface area contributed by atoms with Gasteiger partial charge in [0.1, 0.15) is 12.7 Å². The molecule has 1 unspecified atom stereocenters. The Morgan fingerprint density at radius 3 is 2.79 bits per heavy atom. The molecule has 102 valence electrons. The molecule has 2 heterocycles. The van der Waals surface area contributed by atoms with Crippen molar-refractivity contribution in [3.63, 3.8) is 0 Å². The lowest BCUT2D eigenvalue weighted by molar-refractivity contribution is 0.756. The number of hydrogen-bond donors (Lipinski definition) is 1. The molecule has 2 aromatic rings. The van der Waals surface area contributed by atoms with E-state index in [1.165, 1.54) is 11.0 Å². The number of anilines is 1. The van der Waals surface area contributed by atoms with Crippen LogP contribution in [0.15, 0.2) is 17.8 Å². The molecule has 0 amide bonds. The highest BCUT2D eigenvalue weighted by Gasteiger charge is 2.11. The topological polar surface area (TPSA) is 81.4 Å². The quantitative estimate of drug-likeness (QED) is 0.807. The molecule has 0 spiro atoms. The van der Waals surface area contributed by atoms with Crippen LogP contribution in [0.25, 0.3) is 5.95 Å². The van der Waals surface area contributed by atoms with Crippen molar-refractivity contribution in [3.8, 4) is 5.95 Å². The first kappa shape index (κ1) is 13.7. The van der Waals surface area contributed by atoms with Gasteiger partial charge in [-0.25, -0.2) is 4.98 Å². The summed E-state index contributed by atoms with van der Waals surface area (Å²) in [4.78, 5) is 17.0. The van der Waals surface area contributed by atoms with Crippen molar-refractivity contribution in [2.45, 2.75) is 37.6 Å². The first-order valence-corrected chi connectivity index (χ1v) is 7.12. The van der Waals surface area contributed by atoms with E-state index in [4.69, 9.17) is 0 Å². The van der Waals surface area contributed by atoms with Crippen LogP contribution in [0.4, 0.5) is 5.95 Å². The van der Waals surface area contributed by atoms with Crippen molar-refractivity contribution in [1.29, 1.82) is 0 Å². The summed E-state index contributed by atoms with van der Waals surface area (Å²) in [6.07, 6.45) is 4.09. The third-order valence-corrected chi connectivity index (χ3v) is 3.57. The van der Waals surface area contributed by atoms with Crippen molar-refractivity contribution in [2.75, 3.05) is 11.9 Å². The van der Waals surface area contributed by atoms with Gasteiger partial charge in [-0.1, -0.05) is 25.6 Å². The summed E-state index contributed by atoms with van der Waals surface area (Å²) in [6.45, 7) is 7.05. The Hall–Kier alpha value is -1.70. The zero-order chi connectivity index (χ0) is 13.7. The molecule has 0 aromatic carbocycles. The average Bonchev–Trinajstić information content (AvgIpc) is 2.92. The molecule has 0 fully saturated rings. The Labute approximate surface area is 116 Å². The third kappa shape index (κ3) is 3.63. The average molecular weight is 279 g/mol. The van der Waals surface area contributed by atoms with E-state index in [-0.39, 0.29) is 0 Å². The van der Waals surface area contributed by atoms with E-state index in [1.807, 2.05) is 6.92 Å². The number of nitrogens with one attached hydrogen (secondary N) is 1. The van der Waals surface area contributed by atoms with Gasteiger partial charge in [0, 0.05) is 11.8 Å². The van der Waals surface area contributed by atoms with Crippen LogP contribution in [0.2, 0.25) is 0 Å². The van der Waals surface area contributed by atoms with Gasteiger partial charge in [0.15, 0.2) is 5.16 Å². The number of nitrogens with zero attached hydrogens (tertiary/aromatic N) is 6. The lowest BCUT2D eigenvalue weighted by Gasteiger charge is -2.09. The summed E-state index contributed by atoms with van der Waals surface area (Å²) < 4.78 is 1.53. The zero-order valence-electron chi connectivity index (χ0n) is 11.2. The van der Waals surface area contributed by atoms with Gasteiger partial charge in [0.2, 0.25) is 5.95 Å². The summed E-state index contributed by atoms with van der Waals surface area (Å²) in [5.41, 5.74) is 0. The zero-order valence-corrected chi connectivity index (χ0v) is 12.1. The molecule has 0 radical (unpaired) electrons. The summed E-state index contributed by atoms with van der Waals surface area (Å²) >= 11 is 1.63. The Morgan fingerprint density at radius 2 is 2.16 bits per heavy atom. The molecular formula is C11H17N7S. The number of hydrogen-bond acceptors (Lipinski definition) is 7. The summed E-state index contributed by atoms with van der Waals surface area (Å²) in [5, 5.41) is 8.31. The van der Waals surface area contributed by atoms with Crippen molar-refractivity contribution in [1.82, 2.24) is 29.7 Å². The molecule has 1 atom stereocenters. The van der Waals surface area contributed by atoms with Crippen LogP contribution in [0.3, 0.4) is 0 Å². The largest absolute Gasteiger partial charge is 0.354 e. The highest BCUT2D eigenvalue weighted by atomic mass is 32.2. The minimum atomic E-state index is 0.459. The van der Waals surface area contributed by atoms with Crippen molar-refractivity contribution in [2.24, 2.45) is 0 Å². The second-order valence-electron chi connectivity index (χ2n) is 3.95. The normalized spacial score (nSPS) is 12.4. The Bertz CT molecular complexity index is 514. The van der Waals surface area contributed by atoms with Crippen LogP contribution in [-0.2, 0) is 0 Å². The number of aromatic nitrogens is 6. The summed E-state index contributed by atoms with van der Waals surface area (Å²) in [5.74, 6) is 1.04. The van der Waals surface area contributed by atoms with E-state index in [1.54, 1.807) is 18.1 Å². The van der Waals surface area contributed by atoms with Crippen LogP contribution in [0, 0.1) is 0 Å². The van der Waals surface area contributed by atoms with Gasteiger partial charge < -0.3 is 5.32 Å². The van der Waals surface area contributed by atoms with Crippen LogP contribution in [-0.4, -0.2) is 41.5 Å². The maximum atomic E-state index is 4.41. The molecule has 2 rings (SSSR count). The van der Waals surface area contributed by atoms with Crippen molar-refractivity contribution in [3.05, 3.63) is 12.7 Å². The van der Waals surface area contributed by atoms with E-state index in [2.05, 4.69) is 44.2 Å². The first-order chi connectivity index (χ1) is 9.22. The molecule has 0 aliphatic heterocycles. The molecule has 0 bridgehead atoms. The van der Waals surface area contributed by atoms with Crippen LogP contribution < -0.4 is 5.32 Å². The highest BCUT2D eigenvalue weighted by Crippen LogP contribution is 2.22. The molecular weight excluding hydrogens is 262 g/mol. The lowest BCUT2D eigenvalue weighted by Crippen LogP contribution is -2.10. The second-order valence-corrected chi connectivity index (χ2v) is 5.35. The Balaban J connectivity index is 2.32. The standard InChI is InChI=1S/C11H17N7S/c1-4-8(3)19-11-16-9(13-5-2)15-10(17-11)18-7-12-6-14-18/h6-8H,4-5H2,1-3H3,(H,13,15,16,17). The second kappa shape index (κ2) is 6.46.